The number of amides is 1. The smallest absolute Gasteiger partial charge is 0.244 e. The minimum Gasteiger partial charge on any atom is -0.383 e. The summed E-state index contributed by atoms with van der Waals surface area (Å²) >= 11 is 0. The number of sulfonamides is 1. The molecule has 1 aromatic rings. The lowest BCUT2D eigenvalue weighted by molar-refractivity contribution is -0.125. The Labute approximate surface area is 106 Å². The molecule has 0 bridgehead atoms. The van der Waals surface area contributed by atoms with Gasteiger partial charge in [-0.05, 0) is 26.0 Å². The van der Waals surface area contributed by atoms with E-state index in [9.17, 15) is 13.2 Å². The van der Waals surface area contributed by atoms with E-state index >= 15 is 0 Å². The van der Waals surface area contributed by atoms with Crippen LogP contribution in [0.5, 0.6) is 0 Å². The Balaban J connectivity index is 2.92. The van der Waals surface area contributed by atoms with Crippen molar-refractivity contribution in [2.24, 2.45) is 11.1 Å². The molecule has 0 fully saturated rings. The van der Waals surface area contributed by atoms with Crippen LogP contribution in [-0.4, -0.2) is 25.9 Å². The zero-order valence-electron chi connectivity index (χ0n) is 10.2. The summed E-state index contributed by atoms with van der Waals surface area (Å²) in [6, 6.07) is 2.80. The van der Waals surface area contributed by atoms with Crippen molar-refractivity contribution in [1.29, 1.82) is 0 Å². The van der Waals surface area contributed by atoms with Crippen molar-refractivity contribution < 1.29 is 13.2 Å². The SMILES string of the molecule is CC(C)(CNS(=O)(=O)c1cccnc1N)C(N)=O. The van der Waals surface area contributed by atoms with Gasteiger partial charge in [0.05, 0.1) is 5.41 Å². The number of rotatable bonds is 5. The predicted octanol–water partition coefficient (Wildman–Crippen LogP) is -0.546. The van der Waals surface area contributed by atoms with E-state index in [1.165, 1.54) is 18.3 Å². The Kier molecular flexibility index (Phi) is 3.92. The molecule has 0 aliphatic carbocycles. The van der Waals surface area contributed by atoms with Gasteiger partial charge >= 0.3 is 0 Å². The standard InChI is InChI=1S/C10H16N4O3S/c1-10(2,9(12)15)6-14-18(16,17)7-4-3-5-13-8(7)11/h3-5,14H,6H2,1-2H3,(H2,11,13)(H2,12,15). The zero-order valence-corrected chi connectivity index (χ0v) is 11.0. The van der Waals surface area contributed by atoms with E-state index in [1.54, 1.807) is 13.8 Å². The van der Waals surface area contributed by atoms with Crippen molar-refractivity contribution in [1.82, 2.24) is 9.71 Å². The predicted molar refractivity (Wildman–Crippen MR) is 66.8 cm³/mol. The molecule has 1 aromatic heterocycles. The first-order chi connectivity index (χ1) is 8.17. The topological polar surface area (TPSA) is 128 Å². The van der Waals surface area contributed by atoms with Gasteiger partial charge in [0, 0.05) is 12.7 Å². The van der Waals surface area contributed by atoms with E-state index < -0.39 is 21.3 Å². The van der Waals surface area contributed by atoms with Crippen molar-refractivity contribution in [3.8, 4) is 0 Å². The monoisotopic (exact) mass is 272 g/mol. The van der Waals surface area contributed by atoms with Crippen LogP contribution in [0.1, 0.15) is 13.8 Å². The fourth-order valence-corrected chi connectivity index (χ4v) is 2.36. The maximum Gasteiger partial charge on any atom is 0.244 e. The average Bonchev–Trinajstić information content (AvgIpc) is 2.27. The van der Waals surface area contributed by atoms with Crippen LogP contribution in [0.3, 0.4) is 0 Å². The van der Waals surface area contributed by atoms with E-state index in [0.717, 1.165) is 0 Å². The van der Waals surface area contributed by atoms with Gasteiger partial charge in [0.25, 0.3) is 0 Å². The van der Waals surface area contributed by atoms with Crippen LogP contribution in [-0.2, 0) is 14.8 Å². The van der Waals surface area contributed by atoms with Crippen molar-refractivity contribution in [3.05, 3.63) is 18.3 Å². The van der Waals surface area contributed by atoms with Gasteiger partial charge in [0.1, 0.15) is 10.7 Å². The van der Waals surface area contributed by atoms with Crippen molar-refractivity contribution >= 4 is 21.7 Å². The van der Waals surface area contributed by atoms with Gasteiger partial charge in [-0.3, -0.25) is 4.79 Å². The van der Waals surface area contributed by atoms with Crippen LogP contribution in [0.25, 0.3) is 0 Å². The highest BCUT2D eigenvalue weighted by Crippen LogP contribution is 2.17. The molecule has 1 heterocycles. The third-order valence-corrected chi connectivity index (χ3v) is 3.91. The molecule has 0 aliphatic heterocycles. The second-order valence-electron chi connectivity index (χ2n) is 4.46. The van der Waals surface area contributed by atoms with Gasteiger partial charge in [-0.2, -0.15) is 0 Å². The molecule has 0 radical (unpaired) electrons. The number of primary amides is 1. The lowest BCUT2D eigenvalue weighted by Crippen LogP contribution is -2.42. The summed E-state index contributed by atoms with van der Waals surface area (Å²) in [5.74, 6) is -0.689. The number of aromatic nitrogens is 1. The first-order valence-electron chi connectivity index (χ1n) is 5.17. The fourth-order valence-electron chi connectivity index (χ4n) is 1.07. The molecule has 0 unspecified atom stereocenters. The molecule has 0 saturated heterocycles. The third kappa shape index (κ3) is 3.17. The van der Waals surface area contributed by atoms with E-state index in [4.69, 9.17) is 11.5 Å². The molecule has 0 aliphatic rings. The highest BCUT2D eigenvalue weighted by molar-refractivity contribution is 7.89. The lowest BCUT2D eigenvalue weighted by Gasteiger charge is -2.20. The third-order valence-electron chi connectivity index (χ3n) is 2.46. The van der Waals surface area contributed by atoms with Gasteiger partial charge < -0.3 is 11.5 Å². The zero-order chi connectivity index (χ0) is 14.0. The molecule has 0 aromatic carbocycles. The van der Waals surface area contributed by atoms with Crippen LogP contribution < -0.4 is 16.2 Å². The Morgan fingerprint density at radius 2 is 2.11 bits per heavy atom. The summed E-state index contributed by atoms with van der Waals surface area (Å²) in [6.07, 6.45) is 1.39. The van der Waals surface area contributed by atoms with E-state index in [2.05, 4.69) is 9.71 Å². The first-order valence-corrected chi connectivity index (χ1v) is 6.65. The van der Waals surface area contributed by atoms with Crippen molar-refractivity contribution in [3.63, 3.8) is 0 Å². The van der Waals surface area contributed by atoms with Gasteiger partial charge in [-0.25, -0.2) is 18.1 Å². The van der Waals surface area contributed by atoms with E-state index in [0.29, 0.717) is 0 Å². The molecule has 0 atom stereocenters. The van der Waals surface area contributed by atoms with E-state index in [1.807, 2.05) is 0 Å². The molecular weight excluding hydrogens is 256 g/mol. The molecule has 1 rings (SSSR count). The number of carbonyl (C=O) groups is 1. The summed E-state index contributed by atoms with van der Waals surface area (Å²) in [5.41, 5.74) is 9.66. The number of hydrogen-bond donors (Lipinski definition) is 3. The fraction of sp³-hybridized carbons (Fsp3) is 0.400. The minimum atomic E-state index is -3.80. The second kappa shape index (κ2) is 4.91. The molecule has 5 N–H and O–H groups in total. The quantitative estimate of drug-likeness (QED) is 0.662. The van der Waals surface area contributed by atoms with Gasteiger partial charge in [-0.1, -0.05) is 0 Å². The summed E-state index contributed by atoms with van der Waals surface area (Å²) in [7, 11) is -3.80. The maximum atomic E-state index is 11.9. The highest BCUT2D eigenvalue weighted by Gasteiger charge is 2.28. The summed E-state index contributed by atoms with van der Waals surface area (Å²) in [6.45, 7) is 2.98. The number of carbonyl (C=O) groups excluding carboxylic acids is 1. The Morgan fingerprint density at radius 3 is 2.61 bits per heavy atom. The molecule has 0 spiro atoms. The Hall–Kier alpha value is -1.67. The van der Waals surface area contributed by atoms with Crippen LogP contribution in [0.15, 0.2) is 23.2 Å². The molecule has 18 heavy (non-hydrogen) atoms. The summed E-state index contributed by atoms with van der Waals surface area (Å²) in [4.78, 5) is 14.7. The van der Waals surface area contributed by atoms with Crippen molar-refractivity contribution in [2.75, 3.05) is 12.3 Å². The van der Waals surface area contributed by atoms with Crippen LogP contribution in [0.2, 0.25) is 0 Å². The maximum absolute atomic E-state index is 11.9. The molecular formula is C10H16N4O3S. The highest BCUT2D eigenvalue weighted by atomic mass is 32.2. The molecule has 8 heteroatoms. The van der Waals surface area contributed by atoms with Crippen molar-refractivity contribution in [2.45, 2.75) is 18.7 Å². The summed E-state index contributed by atoms with van der Waals surface area (Å²) < 4.78 is 26.2. The largest absolute Gasteiger partial charge is 0.383 e. The van der Waals surface area contributed by atoms with Crippen LogP contribution >= 0.6 is 0 Å². The minimum absolute atomic E-state index is 0.0955. The van der Waals surface area contributed by atoms with Crippen LogP contribution in [0, 0.1) is 5.41 Å². The Bertz CT molecular complexity index is 554. The van der Waals surface area contributed by atoms with Gasteiger partial charge in [0.2, 0.25) is 15.9 Å². The first kappa shape index (κ1) is 14.4. The number of nitrogens with zero attached hydrogens (tertiary/aromatic N) is 1. The van der Waals surface area contributed by atoms with E-state index in [-0.39, 0.29) is 17.3 Å². The Morgan fingerprint density at radius 1 is 1.50 bits per heavy atom. The molecule has 0 saturated carbocycles. The van der Waals surface area contributed by atoms with Crippen LogP contribution in [0.4, 0.5) is 5.82 Å². The lowest BCUT2D eigenvalue weighted by atomic mass is 9.93. The van der Waals surface area contributed by atoms with Gasteiger partial charge in [0.15, 0.2) is 0 Å². The molecule has 7 nitrogen and oxygen atoms in total. The average molecular weight is 272 g/mol. The van der Waals surface area contributed by atoms with Gasteiger partial charge in [-0.15, -0.1) is 0 Å². The number of nitrogens with one attached hydrogen (secondary N) is 1. The normalized spacial score (nSPS) is 12.3. The number of anilines is 1. The number of nitrogens with two attached hydrogens (primary N) is 2. The number of hydrogen-bond acceptors (Lipinski definition) is 5. The molecule has 1 amide bonds. The number of pyridine rings is 1. The molecule has 100 valence electrons. The number of nitrogen functional groups attached to an aromatic ring is 1. The summed E-state index contributed by atoms with van der Waals surface area (Å²) in [5, 5.41) is 0. The second-order valence-corrected chi connectivity index (χ2v) is 6.19.